The Morgan fingerprint density at radius 1 is 0.852 bits per heavy atom. The Bertz CT molecular complexity index is 577. The lowest BCUT2D eigenvalue weighted by atomic mass is 10.1. The molecule has 0 saturated carbocycles. The zero-order chi connectivity index (χ0) is 20.3. The molecule has 0 heterocycles. The molecule has 0 aromatic carbocycles. The molecule has 0 aromatic heterocycles. The number of nitro groups is 2. The van der Waals surface area contributed by atoms with Gasteiger partial charge in [0.15, 0.2) is 6.29 Å². The van der Waals surface area contributed by atoms with E-state index >= 15 is 0 Å². The first-order valence-electron chi connectivity index (χ1n) is 9.34. The molecule has 0 unspecified atom stereocenters. The van der Waals surface area contributed by atoms with Crippen molar-refractivity contribution in [3.8, 4) is 0 Å². The number of hydrogen-bond acceptors (Lipinski definition) is 5. The predicted molar refractivity (Wildman–Crippen MR) is 106 cm³/mol. The monoisotopic (exact) mass is 377 g/mol. The molecule has 0 saturated heterocycles. The molecule has 0 atom stereocenters. The van der Waals surface area contributed by atoms with Gasteiger partial charge in [-0.1, -0.05) is 44.1 Å². The summed E-state index contributed by atoms with van der Waals surface area (Å²) in [6.45, 7) is 2.04. The summed E-state index contributed by atoms with van der Waals surface area (Å²) in [4.78, 5) is 31.2. The molecule has 149 valence electrons. The van der Waals surface area contributed by atoms with Crippen LogP contribution in [0.5, 0.6) is 0 Å². The molecule has 0 aliphatic rings. The molecule has 1 radical (unpaired) electrons. The van der Waals surface area contributed by atoms with Gasteiger partial charge in [-0.25, -0.2) is 0 Å². The van der Waals surface area contributed by atoms with Gasteiger partial charge in [0.25, 0.3) is 11.4 Å². The fraction of sp³-hybridized carbons (Fsp3) is 0.550. The summed E-state index contributed by atoms with van der Waals surface area (Å²) in [6.07, 6.45) is 18.6. The highest BCUT2D eigenvalue weighted by Gasteiger charge is 2.20. The van der Waals surface area contributed by atoms with Gasteiger partial charge < -0.3 is 0 Å². The van der Waals surface area contributed by atoms with E-state index in [0.717, 1.165) is 32.1 Å². The summed E-state index contributed by atoms with van der Waals surface area (Å²) in [5.74, 6) is 0. The molecule has 0 spiro atoms. The molecule has 0 aliphatic carbocycles. The minimum Gasteiger partial charge on any atom is -0.291 e. The highest BCUT2D eigenvalue weighted by atomic mass is 16.6. The van der Waals surface area contributed by atoms with Crippen molar-refractivity contribution in [2.75, 3.05) is 0 Å². The number of allylic oxidation sites excluding steroid dienone is 6. The van der Waals surface area contributed by atoms with E-state index < -0.39 is 9.85 Å². The van der Waals surface area contributed by atoms with Crippen molar-refractivity contribution >= 4 is 6.29 Å². The van der Waals surface area contributed by atoms with E-state index in [9.17, 15) is 25.0 Å². The van der Waals surface area contributed by atoms with E-state index in [0.29, 0.717) is 25.7 Å². The van der Waals surface area contributed by atoms with Crippen molar-refractivity contribution in [1.29, 1.82) is 0 Å². The summed E-state index contributed by atoms with van der Waals surface area (Å²) in [5.41, 5.74) is -0.271. The molecule has 0 fully saturated rings. The van der Waals surface area contributed by atoms with Gasteiger partial charge in [-0.15, -0.1) is 0 Å². The second-order valence-electron chi connectivity index (χ2n) is 6.03. The Kier molecular flexibility index (Phi) is 15.3. The van der Waals surface area contributed by atoms with E-state index in [1.165, 1.54) is 12.2 Å². The second kappa shape index (κ2) is 16.9. The van der Waals surface area contributed by atoms with Gasteiger partial charge in [0.2, 0.25) is 0 Å². The van der Waals surface area contributed by atoms with Crippen LogP contribution in [-0.4, -0.2) is 16.1 Å². The van der Waals surface area contributed by atoms with Crippen molar-refractivity contribution in [2.24, 2.45) is 0 Å². The lowest BCUT2D eigenvalue weighted by Crippen LogP contribution is -2.06. The normalized spacial score (nSPS) is 12.8. The zero-order valence-corrected chi connectivity index (χ0v) is 16.0. The molecule has 0 aromatic rings. The van der Waals surface area contributed by atoms with Crippen LogP contribution in [0, 0.1) is 20.2 Å². The van der Waals surface area contributed by atoms with E-state index in [1.807, 2.05) is 31.4 Å². The first-order chi connectivity index (χ1) is 13.0. The van der Waals surface area contributed by atoms with Gasteiger partial charge >= 0.3 is 0 Å². The summed E-state index contributed by atoms with van der Waals surface area (Å²) in [6, 6.07) is 0. The third-order valence-corrected chi connectivity index (χ3v) is 3.76. The summed E-state index contributed by atoms with van der Waals surface area (Å²) in [7, 11) is 0. The molecule has 0 N–H and O–H groups in total. The Labute approximate surface area is 160 Å². The van der Waals surface area contributed by atoms with Crippen LogP contribution in [0.25, 0.3) is 0 Å². The van der Waals surface area contributed by atoms with Gasteiger partial charge in [-0.3, -0.25) is 25.0 Å². The molecule has 0 amide bonds. The fourth-order valence-electron chi connectivity index (χ4n) is 2.25. The second-order valence-corrected chi connectivity index (χ2v) is 6.03. The molecular weight excluding hydrogens is 348 g/mol. The average molecular weight is 377 g/mol. The number of carbonyl (C=O) groups excluding carboxylic acids is 1. The molecule has 27 heavy (non-hydrogen) atoms. The third-order valence-electron chi connectivity index (χ3n) is 3.76. The summed E-state index contributed by atoms with van der Waals surface area (Å²) in [5, 5.41) is 22.3. The van der Waals surface area contributed by atoms with Crippen LogP contribution in [0.2, 0.25) is 0 Å². The quantitative estimate of drug-likeness (QED) is 0.154. The highest BCUT2D eigenvalue weighted by molar-refractivity contribution is 5.50. The highest BCUT2D eigenvalue weighted by Crippen LogP contribution is 2.15. The summed E-state index contributed by atoms with van der Waals surface area (Å²) < 4.78 is 0. The van der Waals surface area contributed by atoms with Gasteiger partial charge in [0.05, 0.1) is 9.85 Å². The lowest BCUT2D eigenvalue weighted by Gasteiger charge is -1.99. The minimum atomic E-state index is -0.554. The van der Waals surface area contributed by atoms with E-state index in [4.69, 9.17) is 0 Å². The maximum Gasteiger partial charge on any atom is 0.253 e. The minimum absolute atomic E-state index is 0.117. The van der Waals surface area contributed by atoms with Crippen LogP contribution in [0.3, 0.4) is 0 Å². The van der Waals surface area contributed by atoms with Crippen LogP contribution in [0.1, 0.15) is 71.1 Å². The first-order valence-corrected chi connectivity index (χ1v) is 9.34. The van der Waals surface area contributed by atoms with Crippen LogP contribution < -0.4 is 0 Å². The van der Waals surface area contributed by atoms with Gasteiger partial charge in [0, 0.05) is 6.42 Å². The maximum absolute atomic E-state index is 11.2. The van der Waals surface area contributed by atoms with E-state index in [1.54, 1.807) is 6.08 Å². The van der Waals surface area contributed by atoms with Gasteiger partial charge in [0.1, 0.15) is 6.42 Å². The largest absolute Gasteiger partial charge is 0.291 e. The Morgan fingerprint density at radius 2 is 1.48 bits per heavy atom. The van der Waals surface area contributed by atoms with Gasteiger partial charge in [-0.2, -0.15) is 0 Å². The molecule has 7 heteroatoms. The number of nitrogens with zero attached hydrogens (tertiary/aromatic N) is 2. The van der Waals surface area contributed by atoms with Crippen molar-refractivity contribution < 1.29 is 14.6 Å². The molecule has 7 nitrogen and oxygen atoms in total. The number of rotatable bonds is 16. The van der Waals surface area contributed by atoms with E-state index in [-0.39, 0.29) is 17.8 Å². The van der Waals surface area contributed by atoms with Crippen molar-refractivity contribution in [2.45, 2.75) is 71.1 Å². The van der Waals surface area contributed by atoms with Crippen LogP contribution >= 0.6 is 0 Å². The van der Waals surface area contributed by atoms with Crippen molar-refractivity contribution in [3.63, 3.8) is 0 Å². The van der Waals surface area contributed by atoms with Crippen molar-refractivity contribution in [1.82, 2.24) is 0 Å². The zero-order valence-electron chi connectivity index (χ0n) is 16.0. The SMILES string of the molecule is CCCCC/C=C(\C/C(=C\C/C=C\C/C=C\CCC[C]=O)[N+](=O)[O-])[N+](=O)[O-]. The summed E-state index contributed by atoms with van der Waals surface area (Å²) >= 11 is 0. The Balaban J connectivity index is 4.54. The third kappa shape index (κ3) is 14.3. The standard InChI is InChI=1S/C20H29N2O5/c1-2-3-4-12-15-19(21(24)25)18-20(22(26)27)16-13-10-8-6-5-7-9-11-14-17-23/h5,7-8,10,15-16H,2-4,6,9,11-14,18H2,1H3/b7-5-,10-8-,19-15+,20-16+. The van der Waals surface area contributed by atoms with E-state index in [2.05, 4.69) is 0 Å². The maximum atomic E-state index is 11.2. The predicted octanol–water partition coefficient (Wildman–Crippen LogP) is 5.45. The van der Waals surface area contributed by atoms with Crippen LogP contribution in [-0.2, 0) is 4.79 Å². The smallest absolute Gasteiger partial charge is 0.253 e. The molecule has 0 rings (SSSR count). The van der Waals surface area contributed by atoms with Crippen LogP contribution in [0.15, 0.2) is 47.9 Å². The topological polar surface area (TPSA) is 103 Å². The number of unbranched alkanes of at least 4 members (excludes halogenated alkanes) is 5. The van der Waals surface area contributed by atoms with Crippen LogP contribution in [0.4, 0.5) is 0 Å². The molecule has 0 aliphatic heterocycles. The molecule has 0 bridgehead atoms. The number of hydrogen-bond donors (Lipinski definition) is 0. The van der Waals surface area contributed by atoms with Crippen molar-refractivity contribution in [3.05, 3.63) is 68.1 Å². The Morgan fingerprint density at radius 3 is 2.11 bits per heavy atom. The van der Waals surface area contributed by atoms with Gasteiger partial charge in [-0.05, 0) is 50.7 Å². The Hall–Kier alpha value is -2.57. The molecular formula is C20H29N2O5. The first kappa shape index (κ1) is 24.4. The average Bonchev–Trinajstić information content (AvgIpc) is 2.63. The lowest BCUT2D eigenvalue weighted by molar-refractivity contribution is -0.450. The fourth-order valence-corrected chi connectivity index (χ4v) is 2.25.